The number of amides is 6. The van der Waals surface area contributed by atoms with Crippen molar-refractivity contribution in [1.29, 1.82) is 0 Å². The number of unbranched alkanes of at least 4 members (excludes halogenated alkanes) is 4. The number of nitrogens with zero attached hydrogens (tertiary/aromatic N) is 1. The third-order valence-electron chi connectivity index (χ3n) is 20.6. The summed E-state index contributed by atoms with van der Waals surface area (Å²) in [6.07, 6.45) is 18.3. The van der Waals surface area contributed by atoms with E-state index in [0.29, 0.717) is 104 Å². The highest BCUT2D eigenvalue weighted by Gasteiger charge is 2.61. The van der Waals surface area contributed by atoms with E-state index in [1.54, 1.807) is 42.0 Å². The van der Waals surface area contributed by atoms with Gasteiger partial charge in [-0.25, -0.2) is 4.79 Å². The molecule has 0 aromatic heterocycles. The Balaban J connectivity index is 0.685. The van der Waals surface area contributed by atoms with Gasteiger partial charge in [-0.15, -0.1) is 0 Å². The molecule has 4 heterocycles. The summed E-state index contributed by atoms with van der Waals surface area (Å²) < 4.78 is 7.43. The first kappa shape index (κ1) is 59.1. The molecule has 0 bridgehead atoms. The topological polar surface area (TPSA) is 207 Å². The molecule has 8 aliphatic rings. The fourth-order valence-electron chi connectivity index (χ4n) is 16.2. The maximum atomic E-state index is 14.2. The first-order valence-corrected chi connectivity index (χ1v) is 32.2. The predicted molar refractivity (Wildman–Crippen MR) is 316 cm³/mol. The van der Waals surface area contributed by atoms with E-state index in [9.17, 15) is 33.9 Å². The van der Waals surface area contributed by atoms with Crippen molar-refractivity contribution in [2.45, 2.75) is 197 Å². The first-order valence-electron chi connectivity index (χ1n) is 31.1. The number of carbonyl (C=O) groups is 6. The number of ketones is 1. The van der Waals surface area contributed by atoms with Crippen molar-refractivity contribution in [3.05, 3.63) is 94.1 Å². The average Bonchev–Trinajstić information content (AvgIpc) is 4.43. The average molecular weight is 1130 g/mol. The fraction of sp³-hybridized carbons (Fsp3) is 0.662. The molecular weight excluding hydrogens is 1040 g/mol. The molecule has 2 saturated carbocycles. The Bertz CT molecular complexity index is 2670. The monoisotopic (exact) mass is 1130 g/mol. The molecule has 81 heavy (non-hydrogen) atoms. The van der Waals surface area contributed by atoms with Crippen LogP contribution in [0, 0.1) is 35.0 Å². The molecule has 6 amide bonds. The van der Waals surface area contributed by atoms with Crippen LogP contribution in [-0.4, -0.2) is 131 Å². The summed E-state index contributed by atoms with van der Waals surface area (Å²) in [4.78, 5) is 80.7. The van der Waals surface area contributed by atoms with E-state index in [0.717, 1.165) is 102 Å². The molecule has 14 atom stereocenters. The minimum Gasteiger partial charge on any atom is -0.393 e. The van der Waals surface area contributed by atoms with Crippen molar-refractivity contribution >= 4 is 47.2 Å². The normalized spacial score (nSPS) is 32.3. The van der Waals surface area contributed by atoms with Crippen LogP contribution in [0.15, 0.2) is 77.4 Å². The molecule has 2 aromatic rings. The number of aliphatic hydroxyl groups excluding tert-OH is 1. The number of piperidine rings is 1. The molecule has 1 spiro atoms. The van der Waals surface area contributed by atoms with Gasteiger partial charge in [0, 0.05) is 85.2 Å². The summed E-state index contributed by atoms with van der Waals surface area (Å²) >= 11 is 1.89. The van der Waals surface area contributed by atoms with Crippen LogP contribution in [0.2, 0.25) is 0 Å². The molecule has 6 fully saturated rings. The van der Waals surface area contributed by atoms with Gasteiger partial charge in [0.05, 0.1) is 29.9 Å². The summed E-state index contributed by atoms with van der Waals surface area (Å²) in [5, 5.41) is 29.3. The van der Waals surface area contributed by atoms with E-state index in [2.05, 4.69) is 70.6 Å². The molecule has 7 N–H and O–H groups in total. The quantitative estimate of drug-likeness (QED) is 0.0231. The lowest BCUT2D eigenvalue weighted by atomic mass is 9.56. The first-order chi connectivity index (χ1) is 39.1. The molecule has 4 saturated heterocycles. The second kappa shape index (κ2) is 26.3. The summed E-state index contributed by atoms with van der Waals surface area (Å²) in [7, 11) is 0. The Morgan fingerprint density at radius 2 is 1.54 bits per heavy atom. The number of hydrogen-bond donors (Lipinski definition) is 7. The Labute approximate surface area is 484 Å². The van der Waals surface area contributed by atoms with E-state index in [-0.39, 0.29) is 76.8 Å². The van der Waals surface area contributed by atoms with Crippen molar-refractivity contribution < 1.29 is 38.6 Å². The van der Waals surface area contributed by atoms with Gasteiger partial charge in [-0.3, -0.25) is 28.9 Å². The van der Waals surface area contributed by atoms with Crippen LogP contribution < -0.4 is 31.9 Å². The van der Waals surface area contributed by atoms with E-state index in [4.69, 9.17) is 4.74 Å². The number of thioether (sulfide) groups is 1. The molecule has 4 aliphatic heterocycles. The predicted octanol–water partition coefficient (Wildman–Crippen LogP) is 8.55. The lowest BCUT2D eigenvalue weighted by Gasteiger charge is -2.49. The summed E-state index contributed by atoms with van der Waals surface area (Å²) in [5.41, 5.74) is 5.91. The zero-order valence-corrected chi connectivity index (χ0v) is 49.4. The molecule has 0 radical (unpaired) electrons. The highest BCUT2D eigenvalue weighted by atomic mass is 32.2. The van der Waals surface area contributed by atoms with Gasteiger partial charge in [0.15, 0.2) is 5.78 Å². The molecule has 440 valence electrons. The smallest absolute Gasteiger partial charge is 0.315 e. The van der Waals surface area contributed by atoms with Gasteiger partial charge < -0.3 is 41.7 Å². The SMILES string of the molecule is CC1=C2C[C@H]3[C@@H](CC=C4C[C@@H](O)CC[C@@]43C)[C@@H]2CC[C@]12O[C@@H]1C[C@H](C)CN(CCNC(=O)C(CCCCNC(=O)CCCCCNC(=O)CCCC[C@@H]3SC[C@@H]4NC(=O)N[C@@H]43)NC(=O)c3ccc(C(=O)c4ccccc4)cc3)[C@H]1[C@H]2C. The van der Waals surface area contributed by atoms with Crippen LogP contribution >= 0.6 is 11.8 Å². The maximum Gasteiger partial charge on any atom is 0.315 e. The second-order valence-corrected chi connectivity index (χ2v) is 26.9. The van der Waals surface area contributed by atoms with E-state index < -0.39 is 11.9 Å². The number of likely N-dealkylation sites (tertiary alicyclic amines) is 1. The lowest BCUT2D eigenvalue weighted by Crippen LogP contribution is -2.55. The number of urea groups is 1. The molecule has 15 nitrogen and oxygen atoms in total. The third-order valence-corrected chi connectivity index (χ3v) is 22.1. The minimum atomic E-state index is -0.810. The van der Waals surface area contributed by atoms with Crippen molar-refractivity contribution in [1.82, 2.24) is 36.8 Å². The largest absolute Gasteiger partial charge is 0.393 e. The van der Waals surface area contributed by atoms with E-state index in [1.165, 1.54) is 11.1 Å². The molecular formula is C65H91N7O8S. The molecule has 2 aromatic carbocycles. The van der Waals surface area contributed by atoms with Gasteiger partial charge in [-0.05, 0) is 150 Å². The Morgan fingerprint density at radius 1 is 0.827 bits per heavy atom. The maximum absolute atomic E-state index is 14.2. The van der Waals surface area contributed by atoms with Gasteiger partial charge >= 0.3 is 6.03 Å². The standard InChI is InChI=1S/C65H91N7O8S/c1-40-35-54-59(42(3)65(80-54)30-28-48-49-26-25-46-36-47(73)27-29-64(46,4)51(49)37-50(48)41(65)2)72(38-40)34-33-68-62(78)52(69-61(77)45-23-21-44(22-24-45)60(76)43-15-7-5-8-16-43)17-12-14-32-67-56(74)19-9-6-13-31-66-57(75)20-11-10-18-55-58-53(39-81-55)70-63(79)71-58/h5,7-8,15-16,21-25,40,42,47-49,51-55,58-59,73H,6,9-14,17-20,26-39H2,1-4H3,(H,66,75)(H,67,74)(H,68,78)(H,69,77)(H2,70,71,79)/t40-,42+,47-,48-,49-,51-,52?,53-,54+,55-,58-,59-,64-,65-/m0/s1. The third kappa shape index (κ3) is 13.2. The second-order valence-electron chi connectivity index (χ2n) is 25.7. The van der Waals surface area contributed by atoms with Gasteiger partial charge in [0.2, 0.25) is 17.7 Å². The number of nitrogens with one attached hydrogen (secondary N) is 6. The van der Waals surface area contributed by atoms with Crippen LogP contribution in [0.1, 0.15) is 176 Å². The van der Waals surface area contributed by atoms with Gasteiger partial charge in [-0.2, -0.15) is 11.8 Å². The Hall–Kier alpha value is -5.03. The van der Waals surface area contributed by atoms with E-state index >= 15 is 0 Å². The van der Waals surface area contributed by atoms with Crippen molar-refractivity contribution in [3.63, 3.8) is 0 Å². The van der Waals surface area contributed by atoms with Crippen LogP contribution in [0.25, 0.3) is 0 Å². The van der Waals surface area contributed by atoms with Gasteiger partial charge in [0.25, 0.3) is 5.91 Å². The highest BCUT2D eigenvalue weighted by Crippen LogP contribution is 2.65. The van der Waals surface area contributed by atoms with Crippen molar-refractivity contribution in [2.24, 2.45) is 35.0 Å². The summed E-state index contributed by atoms with van der Waals surface area (Å²) in [6, 6.07) is 15.3. The Morgan fingerprint density at radius 3 is 2.31 bits per heavy atom. The minimum absolute atomic E-state index is 0.0274. The fourth-order valence-corrected chi connectivity index (χ4v) is 17.7. The number of ether oxygens (including phenoxy) is 1. The zero-order valence-electron chi connectivity index (χ0n) is 48.5. The van der Waals surface area contributed by atoms with Crippen LogP contribution in [0.3, 0.4) is 0 Å². The van der Waals surface area contributed by atoms with Crippen molar-refractivity contribution in [2.75, 3.05) is 38.5 Å². The van der Waals surface area contributed by atoms with Gasteiger partial charge in [-0.1, -0.05) is 93.3 Å². The number of benzene rings is 2. The number of allylic oxidation sites excluding steroid dienone is 2. The number of rotatable bonds is 24. The zero-order chi connectivity index (χ0) is 56.8. The Kier molecular flexibility index (Phi) is 19.2. The van der Waals surface area contributed by atoms with Gasteiger partial charge in [0.1, 0.15) is 6.04 Å². The number of aliphatic hydroxyl groups is 1. The highest BCUT2D eigenvalue weighted by molar-refractivity contribution is 8.00. The van der Waals surface area contributed by atoms with Crippen LogP contribution in [-0.2, 0) is 19.1 Å². The molecule has 1 unspecified atom stereocenters. The number of fused-ring (bicyclic) bond motifs is 7. The lowest BCUT2D eigenvalue weighted by molar-refractivity contribution is -0.123. The van der Waals surface area contributed by atoms with Crippen LogP contribution in [0.4, 0.5) is 4.79 Å². The molecule has 10 rings (SSSR count). The van der Waals surface area contributed by atoms with E-state index in [1.807, 2.05) is 30.0 Å². The number of hydrogen-bond acceptors (Lipinski definition) is 10. The molecule has 16 heteroatoms. The number of carbonyl (C=O) groups excluding carboxylic acids is 6. The molecule has 4 aliphatic carbocycles. The summed E-state index contributed by atoms with van der Waals surface area (Å²) in [5.74, 6) is 2.82. The summed E-state index contributed by atoms with van der Waals surface area (Å²) in [6.45, 7) is 12.7. The van der Waals surface area contributed by atoms with Crippen LogP contribution in [0.5, 0.6) is 0 Å². The van der Waals surface area contributed by atoms with Crippen molar-refractivity contribution in [3.8, 4) is 0 Å².